The van der Waals surface area contributed by atoms with E-state index in [9.17, 15) is 0 Å². The number of rotatable bonds is 4. The molecule has 2 N–H and O–H groups in total. The van der Waals surface area contributed by atoms with Gasteiger partial charge in [-0.25, -0.2) is 4.68 Å². The van der Waals surface area contributed by atoms with Gasteiger partial charge >= 0.3 is 0 Å². The van der Waals surface area contributed by atoms with Crippen molar-refractivity contribution in [2.45, 2.75) is 20.3 Å². The molecular weight excluding hydrogens is 226 g/mol. The summed E-state index contributed by atoms with van der Waals surface area (Å²) in [4.78, 5) is 0. The number of methoxy groups -OCH3 is 1. The molecule has 4 heteroatoms. The van der Waals surface area contributed by atoms with Gasteiger partial charge in [0.1, 0.15) is 5.82 Å². The van der Waals surface area contributed by atoms with Crippen molar-refractivity contribution in [2.24, 2.45) is 0 Å². The molecule has 0 aliphatic heterocycles. The Bertz CT molecular complexity index is 546. The number of ether oxygens (including phenoxy) is 1. The molecule has 4 nitrogen and oxygen atoms in total. The van der Waals surface area contributed by atoms with E-state index < -0.39 is 0 Å². The second-order valence-electron chi connectivity index (χ2n) is 4.51. The third-order valence-corrected chi connectivity index (χ3v) is 2.94. The minimum absolute atomic E-state index is 0.656. The molecule has 0 spiro atoms. The molecule has 1 aromatic heterocycles. The Morgan fingerprint density at radius 3 is 2.78 bits per heavy atom. The molecule has 0 bridgehead atoms. The quantitative estimate of drug-likeness (QED) is 0.899. The van der Waals surface area contributed by atoms with Crippen LogP contribution in [0.1, 0.15) is 16.8 Å². The van der Waals surface area contributed by atoms with Crippen LogP contribution in [0.5, 0.6) is 0 Å². The molecule has 1 aromatic carbocycles. The van der Waals surface area contributed by atoms with E-state index in [2.05, 4.69) is 37.1 Å². The van der Waals surface area contributed by atoms with E-state index in [4.69, 9.17) is 10.5 Å². The number of nitrogens with zero attached hydrogens (tertiary/aromatic N) is 2. The molecule has 0 atom stereocenters. The minimum Gasteiger partial charge on any atom is -0.384 e. The van der Waals surface area contributed by atoms with Crippen molar-refractivity contribution in [3.63, 3.8) is 0 Å². The zero-order valence-corrected chi connectivity index (χ0v) is 11.1. The predicted molar refractivity (Wildman–Crippen MR) is 73.0 cm³/mol. The summed E-state index contributed by atoms with van der Waals surface area (Å²) < 4.78 is 6.85. The Kier molecular flexibility index (Phi) is 3.67. The normalized spacial score (nSPS) is 10.8. The van der Waals surface area contributed by atoms with Crippen LogP contribution < -0.4 is 5.73 Å². The van der Waals surface area contributed by atoms with Crippen LogP contribution in [0.15, 0.2) is 24.3 Å². The highest BCUT2D eigenvalue weighted by atomic mass is 16.5. The summed E-state index contributed by atoms with van der Waals surface area (Å²) in [5, 5.41) is 4.53. The van der Waals surface area contributed by atoms with Crippen molar-refractivity contribution >= 4 is 5.82 Å². The molecular formula is C14H19N3O. The second kappa shape index (κ2) is 5.23. The van der Waals surface area contributed by atoms with Gasteiger partial charge in [-0.3, -0.25) is 0 Å². The summed E-state index contributed by atoms with van der Waals surface area (Å²) in [6, 6.07) is 8.17. The first-order chi connectivity index (χ1) is 8.61. The van der Waals surface area contributed by atoms with Crippen LogP contribution in [-0.2, 0) is 11.2 Å². The van der Waals surface area contributed by atoms with Crippen LogP contribution in [0.25, 0.3) is 5.69 Å². The lowest BCUT2D eigenvalue weighted by atomic mass is 10.1. The summed E-state index contributed by atoms with van der Waals surface area (Å²) in [7, 11) is 1.69. The van der Waals surface area contributed by atoms with Gasteiger partial charge in [-0.2, -0.15) is 5.10 Å². The Labute approximate surface area is 107 Å². The Morgan fingerprint density at radius 2 is 2.06 bits per heavy atom. The van der Waals surface area contributed by atoms with Crippen molar-refractivity contribution in [1.82, 2.24) is 9.78 Å². The molecule has 0 amide bonds. The van der Waals surface area contributed by atoms with E-state index in [1.165, 1.54) is 5.56 Å². The Morgan fingerprint density at radius 1 is 1.28 bits per heavy atom. The van der Waals surface area contributed by atoms with E-state index in [0.717, 1.165) is 23.4 Å². The standard InChI is InChI=1S/C14H19N3O/c1-10-4-5-11(2)13(8-10)17-14(15)9-12(16-17)6-7-18-3/h4-5,8-9H,6-7,15H2,1-3H3. The van der Waals surface area contributed by atoms with Gasteiger partial charge < -0.3 is 10.5 Å². The Balaban J connectivity index is 2.38. The number of nitrogens with two attached hydrogens (primary N) is 1. The van der Waals surface area contributed by atoms with Crippen LogP contribution >= 0.6 is 0 Å². The van der Waals surface area contributed by atoms with Crippen LogP contribution in [-0.4, -0.2) is 23.5 Å². The minimum atomic E-state index is 0.656. The van der Waals surface area contributed by atoms with Crippen LogP contribution in [0.2, 0.25) is 0 Å². The molecule has 0 saturated heterocycles. The van der Waals surface area contributed by atoms with E-state index >= 15 is 0 Å². The number of nitrogen functional groups attached to an aromatic ring is 1. The summed E-state index contributed by atoms with van der Waals surface area (Å²) in [6.45, 7) is 4.78. The van der Waals surface area contributed by atoms with E-state index in [1.807, 2.05) is 6.07 Å². The van der Waals surface area contributed by atoms with Crippen molar-refractivity contribution in [3.8, 4) is 5.69 Å². The van der Waals surface area contributed by atoms with E-state index in [-0.39, 0.29) is 0 Å². The number of aryl methyl sites for hydroxylation is 2. The van der Waals surface area contributed by atoms with Crippen molar-refractivity contribution < 1.29 is 4.74 Å². The molecule has 1 heterocycles. The third kappa shape index (κ3) is 2.54. The van der Waals surface area contributed by atoms with Gasteiger partial charge in [0.25, 0.3) is 0 Å². The highest BCUT2D eigenvalue weighted by molar-refractivity contribution is 5.48. The van der Waals surface area contributed by atoms with Crippen LogP contribution in [0.4, 0.5) is 5.82 Å². The average molecular weight is 245 g/mol. The summed E-state index contributed by atoms with van der Waals surface area (Å²) in [6.07, 6.45) is 0.776. The molecule has 0 radical (unpaired) electrons. The molecule has 0 fully saturated rings. The SMILES string of the molecule is COCCc1cc(N)n(-c2cc(C)ccc2C)n1. The van der Waals surface area contributed by atoms with Gasteiger partial charge in [-0.1, -0.05) is 12.1 Å². The van der Waals surface area contributed by atoms with E-state index in [0.29, 0.717) is 12.4 Å². The van der Waals surface area contributed by atoms with Crippen LogP contribution in [0.3, 0.4) is 0 Å². The van der Waals surface area contributed by atoms with Crippen molar-refractivity contribution in [1.29, 1.82) is 0 Å². The van der Waals surface area contributed by atoms with E-state index in [1.54, 1.807) is 11.8 Å². The number of aromatic nitrogens is 2. The average Bonchev–Trinajstić information content (AvgIpc) is 2.71. The zero-order valence-electron chi connectivity index (χ0n) is 11.1. The van der Waals surface area contributed by atoms with Gasteiger partial charge in [0.15, 0.2) is 0 Å². The maximum atomic E-state index is 6.02. The zero-order chi connectivity index (χ0) is 13.1. The fourth-order valence-electron chi connectivity index (χ4n) is 1.92. The topological polar surface area (TPSA) is 53.1 Å². The molecule has 18 heavy (non-hydrogen) atoms. The fraction of sp³-hybridized carbons (Fsp3) is 0.357. The molecule has 0 aliphatic carbocycles. The number of hydrogen-bond acceptors (Lipinski definition) is 3. The molecule has 2 aromatic rings. The Hall–Kier alpha value is -1.81. The highest BCUT2D eigenvalue weighted by Crippen LogP contribution is 2.19. The molecule has 0 aliphatic rings. The smallest absolute Gasteiger partial charge is 0.127 e. The molecule has 0 saturated carbocycles. The van der Waals surface area contributed by atoms with Crippen LogP contribution in [0, 0.1) is 13.8 Å². The summed E-state index contributed by atoms with van der Waals surface area (Å²) in [5.74, 6) is 0.662. The maximum Gasteiger partial charge on any atom is 0.127 e. The largest absolute Gasteiger partial charge is 0.384 e. The molecule has 2 rings (SSSR count). The number of hydrogen-bond donors (Lipinski definition) is 1. The van der Waals surface area contributed by atoms with Gasteiger partial charge in [0.05, 0.1) is 18.0 Å². The highest BCUT2D eigenvalue weighted by Gasteiger charge is 2.09. The first-order valence-electron chi connectivity index (χ1n) is 6.03. The first-order valence-corrected chi connectivity index (χ1v) is 6.03. The number of anilines is 1. The van der Waals surface area contributed by atoms with Gasteiger partial charge in [0.2, 0.25) is 0 Å². The fourth-order valence-corrected chi connectivity index (χ4v) is 1.92. The first kappa shape index (κ1) is 12.6. The number of benzene rings is 1. The van der Waals surface area contributed by atoms with Gasteiger partial charge in [-0.05, 0) is 31.0 Å². The van der Waals surface area contributed by atoms with Crippen molar-refractivity contribution in [3.05, 3.63) is 41.1 Å². The van der Waals surface area contributed by atoms with Gasteiger partial charge in [-0.15, -0.1) is 0 Å². The third-order valence-electron chi connectivity index (χ3n) is 2.94. The molecule has 96 valence electrons. The van der Waals surface area contributed by atoms with Gasteiger partial charge in [0, 0.05) is 19.6 Å². The molecule has 0 unspecified atom stereocenters. The lowest BCUT2D eigenvalue weighted by Gasteiger charge is -2.08. The lowest BCUT2D eigenvalue weighted by Crippen LogP contribution is -2.04. The maximum absolute atomic E-state index is 6.02. The predicted octanol–water partition coefficient (Wildman–Crippen LogP) is 2.26. The second-order valence-corrected chi connectivity index (χ2v) is 4.51. The summed E-state index contributed by atoms with van der Waals surface area (Å²) in [5.41, 5.74) is 10.4. The van der Waals surface area contributed by atoms with Crippen molar-refractivity contribution in [2.75, 3.05) is 19.5 Å². The summed E-state index contributed by atoms with van der Waals surface area (Å²) >= 11 is 0. The monoisotopic (exact) mass is 245 g/mol. The lowest BCUT2D eigenvalue weighted by molar-refractivity contribution is 0.201.